The molecule has 0 atom stereocenters. The fourth-order valence-corrected chi connectivity index (χ4v) is 4.80. The molecule has 2 fully saturated rings. The van der Waals surface area contributed by atoms with Gasteiger partial charge in [0.25, 0.3) is 0 Å². The van der Waals surface area contributed by atoms with Gasteiger partial charge in [-0.3, -0.25) is 0 Å². The maximum Gasteiger partial charge on any atom is 0.195 e. The summed E-state index contributed by atoms with van der Waals surface area (Å²) >= 11 is 0. The highest BCUT2D eigenvalue weighted by Crippen LogP contribution is 2.39. The lowest BCUT2D eigenvalue weighted by molar-refractivity contribution is -0.270. The minimum atomic E-state index is -1.34. The Kier molecular flexibility index (Phi) is 7.02. The van der Waals surface area contributed by atoms with E-state index >= 15 is 0 Å². The van der Waals surface area contributed by atoms with Crippen molar-refractivity contribution in [2.45, 2.75) is 88.3 Å². The largest absolute Gasteiger partial charge is 0.375 e. The van der Waals surface area contributed by atoms with Crippen LogP contribution in [0.25, 0.3) is 0 Å². The fourth-order valence-electron chi connectivity index (χ4n) is 4.80. The Balaban J connectivity index is 1.70. The fraction of sp³-hybridized carbons (Fsp3) is 0.538. The maximum atomic E-state index is 12.2. The third-order valence-corrected chi connectivity index (χ3v) is 6.51. The summed E-state index contributed by atoms with van der Waals surface area (Å²) in [6.45, 7) is 0. The Morgan fingerprint density at radius 1 is 0.621 bits per heavy atom. The van der Waals surface area contributed by atoms with Crippen molar-refractivity contribution in [3.05, 3.63) is 71.8 Å². The summed E-state index contributed by atoms with van der Waals surface area (Å²) in [6, 6.07) is 19.8. The number of hydrogen-bond donors (Lipinski definition) is 1. The molecule has 0 unspecified atom stereocenters. The topological polar surface area (TPSA) is 38.7 Å². The average Bonchev–Trinajstić information content (AvgIpc) is 2.81. The molecule has 29 heavy (non-hydrogen) atoms. The van der Waals surface area contributed by atoms with E-state index in [0.29, 0.717) is 0 Å². The van der Waals surface area contributed by atoms with Crippen LogP contribution in [0, 0.1) is 0 Å². The van der Waals surface area contributed by atoms with Gasteiger partial charge in [-0.05, 0) is 36.8 Å². The number of aliphatic hydroxyl groups is 1. The zero-order valence-electron chi connectivity index (χ0n) is 17.3. The van der Waals surface area contributed by atoms with Crippen LogP contribution in [-0.2, 0) is 15.1 Å². The van der Waals surface area contributed by atoms with Crippen molar-refractivity contribution in [3.63, 3.8) is 0 Å². The van der Waals surface area contributed by atoms with E-state index in [1.807, 2.05) is 60.7 Å². The van der Waals surface area contributed by atoms with Crippen LogP contribution >= 0.6 is 0 Å². The van der Waals surface area contributed by atoms with E-state index in [4.69, 9.17) is 9.47 Å². The predicted molar refractivity (Wildman–Crippen MR) is 116 cm³/mol. The molecule has 0 bridgehead atoms. The van der Waals surface area contributed by atoms with Gasteiger partial charge in [-0.1, -0.05) is 99.2 Å². The first-order chi connectivity index (χ1) is 14.3. The summed E-state index contributed by atoms with van der Waals surface area (Å²) in [4.78, 5) is 0. The second kappa shape index (κ2) is 9.88. The Bertz CT molecular complexity index is 659. The van der Waals surface area contributed by atoms with Gasteiger partial charge in [0.15, 0.2) is 11.9 Å². The van der Waals surface area contributed by atoms with Crippen molar-refractivity contribution in [2.24, 2.45) is 0 Å². The van der Waals surface area contributed by atoms with Gasteiger partial charge in [-0.15, -0.1) is 0 Å². The van der Waals surface area contributed by atoms with E-state index in [1.165, 1.54) is 38.5 Å². The van der Waals surface area contributed by atoms with Gasteiger partial charge in [-0.25, -0.2) is 0 Å². The van der Waals surface area contributed by atoms with Gasteiger partial charge in [0.05, 0.1) is 12.2 Å². The van der Waals surface area contributed by atoms with Crippen molar-refractivity contribution in [1.29, 1.82) is 0 Å². The molecule has 2 aliphatic rings. The minimum absolute atomic E-state index is 0.149. The molecule has 2 aromatic rings. The van der Waals surface area contributed by atoms with Gasteiger partial charge < -0.3 is 14.6 Å². The molecule has 2 saturated carbocycles. The van der Waals surface area contributed by atoms with Crippen LogP contribution in [0.1, 0.15) is 75.3 Å². The summed E-state index contributed by atoms with van der Waals surface area (Å²) in [6.07, 6.45) is 11.1. The van der Waals surface area contributed by atoms with Crippen molar-refractivity contribution >= 4 is 0 Å². The van der Waals surface area contributed by atoms with Crippen LogP contribution in [0.3, 0.4) is 0 Å². The van der Waals surface area contributed by atoms with Gasteiger partial charge in [0.1, 0.15) is 0 Å². The number of benzene rings is 2. The van der Waals surface area contributed by atoms with Crippen LogP contribution in [-0.4, -0.2) is 23.6 Å². The molecule has 2 aliphatic carbocycles. The molecule has 3 nitrogen and oxygen atoms in total. The molecule has 4 rings (SSSR count). The smallest absolute Gasteiger partial charge is 0.195 e. The van der Waals surface area contributed by atoms with E-state index in [9.17, 15) is 5.11 Å². The molecule has 0 aliphatic heterocycles. The molecule has 3 heteroatoms. The van der Waals surface area contributed by atoms with E-state index in [2.05, 4.69) is 0 Å². The third kappa shape index (κ3) is 4.91. The molecular formula is C26H34O3. The van der Waals surface area contributed by atoms with Crippen molar-refractivity contribution in [3.8, 4) is 0 Å². The molecular weight excluding hydrogens is 360 g/mol. The number of rotatable bonds is 7. The molecule has 0 radical (unpaired) electrons. The first kappa shape index (κ1) is 20.6. The van der Waals surface area contributed by atoms with Gasteiger partial charge in [-0.2, -0.15) is 0 Å². The lowest BCUT2D eigenvalue weighted by Gasteiger charge is -2.41. The molecule has 0 amide bonds. The normalized spacial score (nSPS) is 19.5. The second-order valence-electron chi connectivity index (χ2n) is 8.62. The Labute approximate surface area is 175 Å². The van der Waals surface area contributed by atoms with E-state index in [0.717, 1.165) is 36.8 Å². The second-order valence-corrected chi connectivity index (χ2v) is 8.62. The minimum Gasteiger partial charge on any atom is -0.375 e. The van der Waals surface area contributed by atoms with E-state index in [-0.39, 0.29) is 12.2 Å². The number of ether oxygens (including phenoxy) is 2. The molecule has 0 saturated heterocycles. The van der Waals surface area contributed by atoms with Crippen LogP contribution in [0.5, 0.6) is 0 Å². The van der Waals surface area contributed by atoms with Gasteiger partial charge in [0.2, 0.25) is 0 Å². The highest BCUT2D eigenvalue weighted by atomic mass is 16.7. The summed E-state index contributed by atoms with van der Waals surface area (Å²) in [5, 5.41) is 12.2. The Hall–Kier alpha value is -1.68. The summed E-state index contributed by atoms with van der Waals surface area (Å²) < 4.78 is 13.2. The van der Waals surface area contributed by atoms with Gasteiger partial charge >= 0.3 is 0 Å². The lowest BCUT2D eigenvalue weighted by atomic mass is 9.85. The summed E-state index contributed by atoms with van der Waals surface area (Å²) in [7, 11) is 0. The molecule has 0 aromatic heterocycles. The van der Waals surface area contributed by atoms with E-state index < -0.39 is 11.9 Å². The number of hydrogen-bond acceptors (Lipinski definition) is 3. The Morgan fingerprint density at radius 2 is 1.00 bits per heavy atom. The Morgan fingerprint density at radius 3 is 1.38 bits per heavy atom. The molecule has 0 heterocycles. The lowest BCUT2D eigenvalue weighted by Crippen LogP contribution is -2.48. The standard InChI is InChI=1S/C26H34O3/c27-26(21-13-5-1-6-14-21,22-15-7-2-8-16-22)25(28-23-17-9-3-10-18-23)29-24-19-11-4-12-20-24/h1-2,5-8,13-16,23-25,27H,3-4,9-12,17-20H2. The first-order valence-electron chi connectivity index (χ1n) is 11.4. The quantitative estimate of drug-likeness (QED) is 0.590. The molecule has 156 valence electrons. The monoisotopic (exact) mass is 394 g/mol. The van der Waals surface area contributed by atoms with Crippen molar-refractivity contribution in [2.75, 3.05) is 0 Å². The summed E-state index contributed by atoms with van der Waals surface area (Å²) in [5.74, 6) is 0. The highest BCUT2D eigenvalue weighted by molar-refractivity contribution is 5.37. The predicted octanol–water partition coefficient (Wildman–Crippen LogP) is 5.95. The van der Waals surface area contributed by atoms with Crippen LogP contribution in [0.15, 0.2) is 60.7 Å². The summed E-state index contributed by atoms with van der Waals surface area (Å²) in [5.41, 5.74) is 0.308. The highest BCUT2D eigenvalue weighted by Gasteiger charge is 2.44. The maximum absolute atomic E-state index is 12.2. The van der Waals surface area contributed by atoms with Crippen LogP contribution < -0.4 is 0 Å². The average molecular weight is 395 g/mol. The van der Waals surface area contributed by atoms with E-state index in [1.54, 1.807) is 0 Å². The van der Waals surface area contributed by atoms with Crippen LogP contribution in [0.2, 0.25) is 0 Å². The molecule has 0 spiro atoms. The van der Waals surface area contributed by atoms with Crippen LogP contribution in [0.4, 0.5) is 0 Å². The molecule has 1 N–H and O–H groups in total. The van der Waals surface area contributed by atoms with Gasteiger partial charge in [0, 0.05) is 0 Å². The van der Waals surface area contributed by atoms with Crippen molar-refractivity contribution in [1.82, 2.24) is 0 Å². The first-order valence-corrected chi connectivity index (χ1v) is 11.4. The molecule has 2 aromatic carbocycles. The third-order valence-electron chi connectivity index (χ3n) is 6.51. The SMILES string of the molecule is OC(c1ccccc1)(c1ccccc1)C(OC1CCCCC1)OC1CCCCC1. The zero-order valence-corrected chi connectivity index (χ0v) is 17.3. The zero-order chi connectivity index (χ0) is 19.9. The van der Waals surface area contributed by atoms with Crippen molar-refractivity contribution < 1.29 is 14.6 Å².